The minimum absolute atomic E-state index is 0.284. The van der Waals surface area contributed by atoms with Crippen LogP contribution in [0.3, 0.4) is 0 Å². The number of carboxylic acid groups (broad SMARTS) is 1. The van der Waals surface area contributed by atoms with Gasteiger partial charge in [0.1, 0.15) is 11.9 Å². The van der Waals surface area contributed by atoms with Gasteiger partial charge >= 0.3 is 5.97 Å². The molecule has 0 aliphatic heterocycles. The summed E-state index contributed by atoms with van der Waals surface area (Å²) >= 11 is 0. The maximum Gasteiger partial charge on any atom is 0.320 e. The van der Waals surface area contributed by atoms with Crippen LogP contribution >= 0.6 is 0 Å². The van der Waals surface area contributed by atoms with Crippen molar-refractivity contribution >= 4 is 11.8 Å². The molecule has 14 heavy (non-hydrogen) atoms. The molecular formula is C8H15N3O3. The Morgan fingerprint density at radius 2 is 2.29 bits per heavy atom. The Morgan fingerprint density at radius 1 is 1.64 bits per heavy atom. The lowest BCUT2D eigenvalue weighted by atomic mass is 10.2. The van der Waals surface area contributed by atoms with Gasteiger partial charge in [0.25, 0.3) is 0 Å². The molecule has 0 aromatic heterocycles. The lowest BCUT2D eigenvalue weighted by molar-refractivity contribution is -0.138. The molecule has 0 saturated heterocycles. The van der Waals surface area contributed by atoms with Gasteiger partial charge in [0, 0.05) is 6.54 Å². The summed E-state index contributed by atoms with van der Waals surface area (Å²) in [5.74, 6) is -0.618. The molecule has 80 valence electrons. The monoisotopic (exact) mass is 201 g/mol. The van der Waals surface area contributed by atoms with Crippen LogP contribution in [-0.4, -0.2) is 34.7 Å². The average Bonchev–Trinajstić information content (AvgIpc) is 2.16. The summed E-state index contributed by atoms with van der Waals surface area (Å²) in [6, 6.07) is -0.862. The van der Waals surface area contributed by atoms with E-state index in [-0.39, 0.29) is 6.42 Å². The van der Waals surface area contributed by atoms with E-state index >= 15 is 0 Å². The van der Waals surface area contributed by atoms with Crippen molar-refractivity contribution in [3.63, 3.8) is 0 Å². The quantitative estimate of drug-likeness (QED) is 0.161. The lowest BCUT2D eigenvalue weighted by Gasteiger charge is -2.01. The number of amidine groups is 1. The predicted molar refractivity (Wildman–Crippen MR) is 52.3 cm³/mol. The molecule has 0 bridgehead atoms. The third-order valence-electron chi connectivity index (χ3n) is 1.50. The van der Waals surface area contributed by atoms with Gasteiger partial charge in [0.2, 0.25) is 0 Å². The minimum Gasteiger partial charge on any atom is -0.480 e. The van der Waals surface area contributed by atoms with Crippen LogP contribution in [-0.2, 0) is 4.79 Å². The highest BCUT2D eigenvalue weighted by Crippen LogP contribution is 1.89. The number of aliphatic carboxylic acids is 1. The van der Waals surface area contributed by atoms with E-state index in [9.17, 15) is 4.79 Å². The van der Waals surface area contributed by atoms with Gasteiger partial charge in [-0.1, -0.05) is 17.3 Å². The van der Waals surface area contributed by atoms with E-state index in [1.807, 2.05) is 0 Å². The van der Waals surface area contributed by atoms with Gasteiger partial charge < -0.3 is 21.4 Å². The number of nitrogens with two attached hydrogens (primary N) is 1. The fourth-order valence-corrected chi connectivity index (χ4v) is 0.669. The highest BCUT2D eigenvalue weighted by atomic mass is 16.4. The molecule has 6 nitrogen and oxygen atoms in total. The van der Waals surface area contributed by atoms with Crippen LogP contribution in [0.2, 0.25) is 0 Å². The molecule has 0 fully saturated rings. The molecule has 0 aliphatic rings. The first-order chi connectivity index (χ1) is 6.57. The molecule has 0 radical (unpaired) electrons. The van der Waals surface area contributed by atoms with Crippen molar-refractivity contribution in [3.8, 4) is 0 Å². The van der Waals surface area contributed by atoms with Crippen molar-refractivity contribution in [3.05, 3.63) is 12.2 Å². The Labute approximate surface area is 82.1 Å². The second kappa shape index (κ2) is 6.90. The first-order valence-electron chi connectivity index (χ1n) is 4.13. The van der Waals surface area contributed by atoms with Crippen molar-refractivity contribution in [1.82, 2.24) is 5.32 Å². The SMILES string of the molecule is CC(=NO)NCC=CC[C@H](N)C(=O)O. The summed E-state index contributed by atoms with van der Waals surface area (Å²) in [6.07, 6.45) is 3.67. The Hall–Kier alpha value is -1.56. The Bertz CT molecular complexity index is 238. The van der Waals surface area contributed by atoms with Gasteiger partial charge in [-0.25, -0.2) is 0 Å². The van der Waals surface area contributed by atoms with Crippen LogP contribution in [0.5, 0.6) is 0 Å². The lowest BCUT2D eigenvalue weighted by Crippen LogP contribution is -2.29. The van der Waals surface area contributed by atoms with Crippen LogP contribution in [0, 0.1) is 0 Å². The number of hydrogen-bond donors (Lipinski definition) is 4. The molecule has 0 rings (SSSR count). The van der Waals surface area contributed by atoms with Gasteiger partial charge in [-0.05, 0) is 13.3 Å². The zero-order valence-corrected chi connectivity index (χ0v) is 7.97. The topological polar surface area (TPSA) is 108 Å². The van der Waals surface area contributed by atoms with E-state index in [0.29, 0.717) is 12.4 Å². The maximum absolute atomic E-state index is 10.3. The molecule has 0 aromatic rings. The number of nitrogens with zero attached hydrogens (tertiary/aromatic N) is 1. The second-order valence-electron chi connectivity index (χ2n) is 2.72. The first kappa shape index (κ1) is 12.4. The molecule has 6 heteroatoms. The standard InChI is InChI=1S/C8H15N3O3/c1-6(11-14)10-5-3-2-4-7(9)8(12)13/h2-3,7,14H,4-5,9H2,1H3,(H,10,11)(H,12,13)/t7-/m0/s1. The van der Waals surface area contributed by atoms with E-state index in [0.717, 1.165) is 0 Å². The molecule has 1 atom stereocenters. The van der Waals surface area contributed by atoms with Crippen LogP contribution in [0.4, 0.5) is 0 Å². The largest absolute Gasteiger partial charge is 0.480 e. The molecule has 5 N–H and O–H groups in total. The third kappa shape index (κ3) is 6.01. The number of carboxylic acids is 1. The van der Waals surface area contributed by atoms with E-state index in [2.05, 4.69) is 10.5 Å². The Balaban J connectivity index is 3.60. The second-order valence-corrected chi connectivity index (χ2v) is 2.72. The fraction of sp³-hybridized carbons (Fsp3) is 0.500. The summed E-state index contributed by atoms with van der Waals surface area (Å²) in [5, 5.41) is 22.4. The number of hydrogen-bond acceptors (Lipinski definition) is 4. The Morgan fingerprint density at radius 3 is 2.79 bits per heavy atom. The van der Waals surface area contributed by atoms with Gasteiger partial charge in [-0.2, -0.15) is 0 Å². The average molecular weight is 201 g/mol. The van der Waals surface area contributed by atoms with Gasteiger partial charge in [0.15, 0.2) is 0 Å². The van der Waals surface area contributed by atoms with Gasteiger partial charge in [-0.3, -0.25) is 4.79 Å². The number of rotatable bonds is 5. The van der Waals surface area contributed by atoms with Crippen molar-refractivity contribution < 1.29 is 15.1 Å². The van der Waals surface area contributed by atoms with E-state index < -0.39 is 12.0 Å². The molecule has 0 unspecified atom stereocenters. The zero-order valence-electron chi connectivity index (χ0n) is 7.97. The van der Waals surface area contributed by atoms with Crippen molar-refractivity contribution in [2.24, 2.45) is 10.9 Å². The summed E-state index contributed by atoms with van der Waals surface area (Å²) in [4.78, 5) is 10.3. The summed E-state index contributed by atoms with van der Waals surface area (Å²) in [6.45, 7) is 2.08. The fourth-order valence-electron chi connectivity index (χ4n) is 0.669. The first-order valence-corrected chi connectivity index (χ1v) is 4.13. The maximum atomic E-state index is 10.3. The van der Waals surface area contributed by atoms with E-state index in [1.54, 1.807) is 19.1 Å². The highest BCUT2D eigenvalue weighted by Gasteiger charge is 2.07. The Kier molecular flexibility index (Phi) is 6.13. The predicted octanol–water partition coefficient (Wildman–Crippen LogP) is -0.258. The number of carbonyl (C=O) groups is 1. The minimum atomic E-state index is -1.02. The summed E-state index contributed by atoms with van der Waals surface area (Å²) < 4.78 is 0. The van der Waals surface area contributed by atoms with Crippen LogP contribution in [0.1, 0.15) is 13.3 Å². The molecule has 0 heterocycles. The molecule has 0 spiro atoms. The molecular weight excluding hydrogens is 186 g/mol. The van der Waals surface area contributed by atoms with Crippen molar-refractivity contribution in [2.75, 3.05) is 6.54 Å². The number of oxime groups is 1. The molecule has 0 amide bonds. The smallest absolute Gasteiger partial charge is 0.320 e. The molecule has 0 aliphatic carbocycles. The third-order valence-corrected chi connectivity index (χ3v) is 1.50. The van der Waals surface area contributed by atoms with Crippen LogP contribution in [0.25, 0.3) is 0 Å². The normalized spacial score (nSPS) is 14.3. The summed E-state index contributed by atoms with van der Waals surface area (Å²) in [7, 11) is 0. The van der Waals surface area contributed by atoms with Crippen LogP contribution in [0.15, 0.2) is 17.3 Å². The van der Waals surface area contributed by atoms with E-state index in [4.69, 9.17) is 16.0 Å². The number of nitrogens with one attached hydrogen (secondary N) is 1. The zero-order chi connectivity index (χ0) is 11.0. The van der Waals surface area contributed by atoms with Crippen molar-refractivity contribution in [2.45, 2.75) is 19.4 Å². The van der Waals surface area contributed by atoms with E-state index in [1.165, 1.54) is 0 Å². The van der Waals surface area contributed by atoms with Gasteiger partial charge in [0.05, 0.1) is 0 Å². The molecule has 0 saturated carbocycles. The highest BCUT2D eigenvalue weighted by molar-refractivity contribution is 5.78. The van der Waals surface area contributed by atoms with Crippen LogP contribution < -0.4 is 11.1 Å². The van der Waals surface area contributed by atoms with Gasteiger partial charge in [-0.15, -0.1) is 0 Å². The molecule has 0 aromatic carbocycles. The summed E-state index contributed by atoms with van der Waals surface area (Å²) in [5.41, 5.74) is 5.25. The van der Waals surface area contributed by atoms with Crippen molar-refractivity contribution in [1.29, 1.82) is 0 Å².